The molecule has 244 valence electrons. The number of nitrogens with one attached hydrogen (secondary N) is 2. The molecule has 1 atom stereocenters. The van der Waals surface area contributed by atoms with Crippen molar-refractivity contribution in [1.29, 1.82) is 0 Å². The van der Waals surface area contributed by atoms with E-state index in [1.807, 2.05) is 0 Å². The fraction of sp³-hybridized carbons (Fsp3) is 0.156. The van der Waals surface area contributed by atoms with Crippen LogP contribution in [0.1, 0.15) is 54.0 Å². The molecule has 0 amide bonds. The summed E-state index contributed by atoms with van der Waals surface area (Å²) in [5.74, 6) is 0.362. The summed E-state index contributed by atoms with van der Waals surface area (Å²) in [6, 6.07) is 40.7. The fourth-order valence-electron chi connectivity index (χ4n) is 7.96. The smallest absolute Gasteiger partial charge is 0.0737 e. The van der Waals surface area contributed by atoms with Crippen LogP contribution < -0.4 is 0 Å². The molecular weight excluding hydrogens is 611 g/mol. The molecule has 5 heteroatoms. The van der Waals surface area contributed by atoms with Crippen LogP contribution in [0.3, 0.4) is 0 Å². The first-order valence-electron chi connectivity index (χ1n) is 17.8. The predicted octanol–water partition coefficient (Wildman–Crippen LogP) is 10.9. The molecular formula is C45H39N5. The molecule has 1 saturated heterocycles. The number of aromatic amines is 2. The lowest BCUT2D eigenvalue weighted by Crippen LogP contribution is -2.34. The number of hydrogen-bond donors (Lipinski definition) is 2. The van der Waals surface area contributed by atoms with Crippen molar-refractivity contribution < 1.29 is 0 Å². The molecule has 0 aliphatic carbocycles. The monoisotopic (exact) mass is 649 g/mol. The van der Waals surface area contributed by atoms with Crippen molar-refractivity contribution >= 4 is 46.4 Å². The molecule has 6 heterocycles. The third-order valence-electron chi connectivity index (χ3n) is 10.3. The van der Waals surface area contributed by atoms with Crippen LogP contribution in [0.4, 0.5) is 0 Å². The number of fused-ring (bicyclic) bond motifs is 8. The van der Waals surface area contributed by atoms with Crippen molar-refractivity contribution in [2.45, 2.75) is 25.7 Å². The lowest BCUT2D eigenvalue weighted by molar-refractivity contribution is 0.218. The molecule has 3 aromatic carbocycles. The number of H-pyrrole nitrogens is 2. The van der Waals surface area contributed by atoms with E-state index in [1.165, 1.54) is 12.0 Å². The summed E-state index contributed by atoms with van der Waals surface area (Å²) >= 11 is 0. The topological polar surface area (TPSA) is 60.6 Å². The highest BCUT2D eigenvalue weighted by Gasteiger charge is 2.26. The van der Waals surface area contributed by atoms with Gasteiger partial charge in [-0.2, -0.15) is 0 Å². The number of rotatable bonds is 5. The van der Waals surface area contributed by atoms with Gasteiger partial charge in [-0.3, -0.25) is 0 Å². The van der Waals surface area contributed by atoms with Gasteiger partial charge in [0.25, 0.3) is 0 Å². The molecule has 9 rings (SSSR count). The fourth-order valence-corrected chi connectivity index (χ4v) is 7.96. The van der Waals surface area contributed by atoms with Gasteiger partial charge in [-0.25, -0.2) is 9.97 Å². The zero-order valence-corrected chi connectivity index (χ0v) is 28.2. The maximum Gasteiger partial charge on any atom is 0.0737 e. The van der Waals surface area contributed by atoms with Crippen LogP contribution in [-0.2, 0) is 0 Å². The number of likely N-dealkylation sites (tertiary alicyclic amines) is 1. The van der Waals surface area contributed by atoms with Crippen LogP contribution in [0.5, 0.6) is 0 Å². The Labute approximate surface area is 292 Å². The summed E-state index contributed by atoms with van der Waals surface area (Å²) in [5, 5.41) is 0. The molecule has 0 saturated carbocycles. The average molecular weight is 650 g/mol. The number of aromatic nitrogens is 4. The van der Waals surface area contributed by atoms with Crippen LogP contribution in [0.15, 0.2) is 115 Å². The molecule has 1 unspecified atom stereocenters. The number of likely N-dealkylation sites (N-methyl/N-ethyl adjacent to an activating group) is 1. The second-order valence-electron chi connectivity index (χ2n) is 13.4. The highest BCUT2D eigenvalue weighted by Crippen LogP contribution is 2.39. The summed E-state index contributed by atoms with van der Waals surface area (Å²) in [7, 11) is 0. The van der Waals surface area contributed by atoms with Gasteiger partial charge < -0.3 is 14.9 Å². The molecule has 50 heavy (non-hydrogen) atoms. The van der Waals surface area contributed by atoms with Gasteiger partial charge in [-0.1, -0.05) is 97.9 Å². The molecule has 3 aliphatic heterocycles. The molecule has 3 aromatic heterocycles. The zero-order valence-electron chi connectivity index (χ0n) is 28.2. The largest absolute Gasteiger partial charge is 0.355 e. The number of piperidine rings is 1. The van der Waals surface area contributed by atoms with Crippen LogP contribution in [0, 0.1) is 0 Å². The van der Waals surface area contributed by atoms with E-state index >= 15 is 0 Å². The first-order chi connectivity index (χ1) is 24.7. The van der Waals surface area contributed by atoms with E-state index in [1.54, 1.807) is 0 Å². The zero-order chi connectivity index (χ0) is 33.4. The van der Waals surface area contributed by atoms with E-state index in [0.29, 0.717) is 5.92 Å². The summed E-state index contributed by atoms with van der Waals surface area (Å²) in [5.41, 5.74) is 16.0. The van der Waals surface area contributed by atoms with Crippen molar-refractivity contribution in [3.05, 3.63) is 144 Å². The van der Waals surface area contributed by atoms with Crippen LogP contribution in [-0.4, -0.2) is 44.5 Å². The lowest BCUT2D eigenvalue weighted by Gasteiger charge is -2.32. The number of benzene rings is 3. The molecule has 3 aliphatic rings. The first kappa shape index (κ1) is 30.3. The van der Waals surface area contributed by atoms with Crippen molar-refractivity contribution in [1.82, 2.24) is 24.8 Å². The Kier molecular flexibility index (Phi) is 7.83. The van der Waals surface area contributed by atoms with E-state index in [9.17, 15) is 0 Å². The Hall–Kier alpha value is -5.78. The van der Waals surface area contributed by atoms with Crippen LogP contribution >= 0.6 is 0 Å². The molecule has 1 fully saturated rings. The second-order valence-corrected chi connectivity index (χ2v) is 13.4. The number of hydrogen-bond acceptors (Lipinski definition) is 3. The highest BCUT2D eigenvalue weighted by molar-refractivity contribution is 5.97. The predicted molar refractivity (Wildman–Crippen MR) is 209 cm³/mol. The van der Waals surface area contributed by atoms with Crippen molar-refractivity contribution in [2.75, 3.05) is 19.6 Å². The maximum atomic E-state index is 5.48. The van der Waals surface area contributed by atoms with Crippen LogP contribution in [0.25, 0.3) is 79.8 Å². The molecule has 6 aromatic rings. The summed E-state index contributed by atoms with van der Waals surface area (Å²) in [4.78, 5) is 21.2. The first-order valence-corrected chi connectivity index (χ1v) is 17.8. The summed E-state index contributed by atoms with van der Waals surface area (Å²) < 4.78 is 0. The van der Waals surface area contributed by atoms with Crippen LogP contribution in [0.2, 0.25) is 0 Å². The Morgan fingerprint density at radius 1 is 0.540 bits per heavy atom. The molecule has 0 radical (unpaired) electrons. The van der Waals surface area contributed by atoms with Gasteiger partial charge in [0.05, 0.1) is 22.8 Å². The quantitative estimate of drug-likeness (QED) is 0.195. The van der Waals surface area contributed by atoms with Crippen molar-refractivity contribution in [3.63, 3.8) is 0 Å². The van der Waals surface area contributed by atoms with E-state index in [2.05, 4.69) is 161 Å². The Balaban J connectivity index is 1.44. The van der Waals surface area contributed by atoms with Gasteiger partial charge in [0.15, 0.2) is 0 Å². The molecule has 0 spiro atoms. The Morgan fingerprint density at radius 3 is 1.44 bits per heavy atom. The third kappa shape index (κ3) is 5.50. The van der Waals surface area contributed by atoms with Gasteiger partial charge in [0, 0.05) is 56.8 Å². The summed E-state index contributed by atoms with van der Waals surface area (Å²) in [6.07, 6.45) is 11.1. The third-order valence-corrected chi connectivity index (χ3v) is 10.3. The normalized spacial score (nSPS) is 15.8. The van der Waals surface area contributed by atoms with Gasteiger partial charge in [-0.05, 0) is 91.2 Å². The van der Waals surface area contributed by atoms with Gasteiger partial charge >= 0.3 is 0 Å². The minimum absolute atomic E-state index is 0.362. The SMILES string of the molecule is CCN1CCCC(c2c3nc(c(-c4ccccc4)c4ccc([nH]4)c(-c4ccccc4)c4nc(c(-c5ccccc5)c5ccc2[nH]5)C=C4)C=C3)C1. The van der Waals surface area contributed by atoms with Gasteiger partial charge in [0.2, 0.25) is 0 Å². The maximum absolute atomic E-state index is 5.48. The second kappa shape index (κ2) is 12.9. The molecule has 8 bridgehead atoms. The standard InChI is InChI=1S/C45H39N5/c1-2-50-28-12-19-33(29-50)45-40-26-24-38(48-40)43(31-15-8-4-9-16-31)36-22-20-34(46-36)42(30-13-6-3-7-14-30)35-21-23-37(47-35)44(32-17-10-5-11-18-32)39-25-27-41(45)49-39/h3-11,13-18,20-27,33,46,49H,2,12,19,28-29H2,1H3. The lowest BCUT2D eigenvalue weighted by atomic mass is 9.89. The van der Waals surface area contributed by atoms with Gasteiger partial charge in [-0.15, -0.1) is 0 Å². The average Bonchev–Trinajstić information content (AvgIpc) is 4.01. The molecule has 2 N–H and O–H groups in total. The Bertz CT molecular complexity index is 2380. The molecule has 5 nitrogen and oxygen atoms in total. The highest BCUT2D eigenvalue weighted by atomic mass is 15.1. The van der Waals surface area contributed by atoms with E-state index in [0.717, 1.165) is 104 Å². The van der Waals surface area contributed by atoms with E-state index < -0.39 is 0 Å². The van der Waals surface area contributed by atoms with E-state index in [4.69, 9.17) is 9.97 Å². The van der Waals surface area contributed by atoms with Crippen molar-refractivity contribution in [3.8, 4) is 33.4 Å². The van der Waals surface area contributed by atoms with Gasteiger partial charge in [0.1, 0.15) is 0 Å². The minimum atomic E-state index is 0.362. The Morgan fingerprint density at radius 2 is 0.960 bits per heavy atom. The van der Waals surface area contributed by atoms with E-state index in [-0.39, 0.29) is 0 Å². The van der Waals surface area contributed by atoms with Crippen molar-refractivity contribution in [2.24, 2.45) is 0 Å². The minimum Gasteiger partial charge on any atom is -0.355 e. The number of nitrogens with zero attached hydrogens (tertiary/aromatic N) is 3. The summed E-state index contributed by atoms with van der Waals surface area (Å²) in [6.45, 7) is 5.50.